The minimum absolute atomic E-state index is 0.0818. The predicted octanol–water partition coefficient (Wildman–Crippen LogP) is 1.48. The van der Waals surface area contributed by atoms with Gasteiger partial charge in [0.15, 0.2) is 0 Å². The summed E-state index contributed by atoms with van der Waals surface area (Å²) < 4.78 is 11.0. The third-order valence-corrected chi connectivity index (χ3v) is 4.12. The van der Waals surface area contributed by atoms with Crippen LogP contribution in [-0.4, -0.2) is 40.2 Å². The lowest BCUT2D eigenvalue weighted by Crippen LogP contribution is -2.56. The van der Waals surface area contributed by atoms with Crippen molar-refractivity contribution in [3.63, 3.8) is 0 Å². The average Bonchev–Trinajstić information content (AvgIpc) is 3.04. The predicted molar refractivity (Wildman–Crippen MR) is 85.2 cm³/mol. The van der Waals surface area contributed by atoms with Crippen molar-refractivity contribution in [1.29, 1.82) is 0 Å². The van der Waals surface area contributed by atoms with Gasteiger partial charge in [0, 0.05) is 24.8 Å². The van der Waals surface area contributed by atoms with Crippen molar-refractivity contribution in [3.05, 3.63) is 53.3 Å². The number of fused-ring (bicyclic) bond motifs is 1. The van der Waals surface area contributed by atoms with E-state index in [1.165, 1.54) is 0 Å². The minimum Gasteiger partial charge on any atom is -0.456 e. The molecule has 1 fully saturated rings. The molecule has 1 N–H and O–H groups in total. The van der Waals surface area contributed by atoms with Crippen LogP contribution in [0.5, 0.6) is 6.01 Å². The maximum absolute atomic E-state index is 12.0. The molecule has 7 nitrogen and oxygen atoms in total. The van der Waals surface area contributed by atoms with Crippen LogP contribution in [-0.2, 0) is 24.4 Å². The number of ether oxygens (including phenoxy) is 2. The molecule has 1 aromatic carbocycles. The van der Waals surface area contributed by atoms with Crippen molar-refractivity contribution in [2.24, 2.45) is 0 Å². The quantitative estimate of drug-likeness (QED) is 0.917. The summed E-state index contributed by atoms with van der Waals surface area (Å²) in [5, 5.41) is 3.22. The Hall–Kier alpha value is -2.67. The van der Waals surface area contributed by atoms with E-state index in [0.717, 1.165) is 29.9 Å². The zero-order valence-corrected chi connectivity index (χ0v) is 13.1. The summed E-state index contributed by atoms with van der Waals surface area (Å²) in [6, 6.07) is 10.00. The van der Waals surface area contributed by atoms with E-state index >= 15 is 0 Å². The van der Waals surface area contributed by atoms with Gasteiger partial charge in [-0.25, -0.2) is 9.78 Å². The summed E-state index contributed by atoms with van der Waals surface area (Å²) in [6.45, 7) is 2.82. The van der Waals surface area contributed by atoms with Gasteiger partial charge < -0.3 is 19.7 Å². The van der Waals surface area contributed by atoms with Crippen LogP contribution >= 0.6 is 0 Å². The highest BCUT2D eigenvalue weighted by Crippen LogP contribution is 2.19. The third kappa shape index (κ3) is 3.16. The fraction of sp³-hybridized carbons (Fsp3) is 0.353. The number of carbonyl (C=O) groups is 1. The van der Waals surface area contributed by atoms with Crippen molar-refractivity contribution >= 4 is 6.09 Å². The first-order valence-electron chi connectivity index (χ1n) is 7.96. The van der Waals surface area contributed by atoms with Crippen molar-refractivity contribution in [2.75, 3.05) is 13.1 Å². The van der Waals surface area contributed by atoms with Gasteiger partial charge in [-0.15, -0.1) is 0 Å². The number of hydrogen-bond donors (Lipinski definition) is 1. The summed E-state index contributed by atoms with van der Waals surface area (Å²) in [6.07, 6.45) is 1.39. The van der Waals surface area contributed by atoms with Crippen LogP contribution in [0.25, 0.3) is 0 Å². The lowest BCUT2D eigenvalue weighted by molar-refractivity contribution is 0.00458. The van der Waals surface area contributed by atoms with Crippen LogP contribution in [0.15, 0.2) is 36.5 Å². The molecule has 24 heavy (non-hydrogen) atoms. The highest BCUT2D eigenvalue weighted by molar-refractivity contribution is 5.68. The molecule has 0 aliphatic carbocycles. The molecule has 0 atom stereocenters. The molecule has 2 aliphatic rings. The molecule has 1 saturated heterocycles. The molecule has 3 heterocycles. The van der Waals surface area contributed by atoms with Gasteiger partial charge in [0.25, 0.3) is 0 Å². The first-order valence-corrected chi connectivity index (χ1v) is 7.96. The Balaban J connectivity index is 1.23. The Morgan fingerprint density at radius 1 is 1.25 bits per heavy atom. The number of rotatable bonds is 4. The largest absolute Gasteiger partial charge is 0.456 e. The Morgan fingerprint density at radius 3 is 2.92 bits per heavy atom. The number of nitrogens with zero attached hydrogens (tertiary/aromatic N) is 3. The van der Waals surface area contributed by atoms with E-state index in [9.17, 15) is 4.79 Å². The standard InChI is InChI=1S/C17H18N4O3/c22-17(23-11-12-4-2-1-3-5-12)21-9-14(10-21)24-16-19-7-13-6-18-8-15(13)20-16/h1-5,7,14,18H,6,8-11H2. The second kappa shape index (κ2) is 6.45. The molecule has 0 spiro atoms. The highest BCUT2D eigenvalue weighted by atomic mass is 16.6. The molecule has 2 aliphatic heterocycles. The monoisotopic (exact) mass is 326 g/mol. The number of hydrogen-bond acceptors (Lipinski definition) is 6. The van der Waals surface area contributed by atoms with Gasteiger partial charge in [-0.3, -0.25) is 0 Å². The van der Waals surface area contributed by atoms with Crippen molar-refractivity contribution in [1.82, 2.24) is 20.2 Å². The molecule has 0 bridgehead atoms. The van der Waals surface area contributed by atoms with E-state index in [0.29, 0.717) is 19.1 Å². The van der Waals surface area contributed by atoms with E-state index in [4.69, 9.17) is 9.47 Å². The zero-order chi connectivity index (χ0) is 16.4. The van der Waals surface area contributed by atoms with E-state index in [-0.39, 0.29) is 18.8 Å². The lowest BCUT2D eigenvalue weighted by atomic mass is 10.2. The Labute approximate surface area is 139 Å². The van der Waals surface area contributed by atoms with Crippen molar-refractivity contribution < 1.29 is 14.3 Å². The van der Waals surface area contributed by atoms with Crippen LogP contribution in [0, 0.1) is 0 Å². The molecule has 0 saturated carbocycles. The molecule has 4 rings (SSSR count). The van der Waals surface area contributed by atoms with Crippen LogP contribution in [0.4, 0.5) is 4.79 Å². The number of aromatic nitrogens is 2. The zero-order valence-electron chi connectivity index (χ0n) is 13.1. The van der Waals surface area contributed by atoms with E-state index in [1.807, 2.05) is 30.3 Å². The molecule has 1 amide bonds. The summed E-state index contributed by atoms with van der Waals surface area (Å²) in [5.74, 6) is 0. The third-order valence-electron chi connectivity index (χ3n) is 4.12. The summed E-state index contributed by atoms with van der Waals surface area (Å²) >= 11 is 0. The SMILES string of the molecule is O=C(OCc1ccccc1)N1CC(Oc2ncc3c(n2)CNC3)C1. The topological polar surface area (TPSA) is 76.6 Å². The van der Waals surface area contributed by atoms with Crippen molar-refractivity contribution in [3.8, 4) is 6.01 Å². The molecule has 2 aromatic rings. The van der Waals surface area contributed by atoms with Gasteiger partial charge in [0.1, 0.15) is 12.7 Å². The van der Waals surface area contributed by atoms with Crippen LogP contribution in [0.2, 0.25) is 0 Å². The highest BCUT2D eigenvalue weighted by Gasteiger charge is 2.34. The maximum atomic E-state index is 12.0. The van der Waals surface area contributed by atoms with Gasteiger partial charge in [-0.05, 0) is 5.56 Å². The first-order chi connectivity index (χ1) is 11.8. The second-order valence-electron chi connectivity index (χ2n) is 5.91. The summed E-state index contributed by atoms with van der Waals surface area (Å²) in [4.78, 5) is 22.2. The number of benzene rings is 1. The number of carbonyl (C=O) groups excluding carboxylic acids is 1. The van der Waals surface area contributed by atoms with E-state index in [1.54, 1.807) is 11.1 Å². The second-order valence-corrected chi connectivity index (χ2v) is 5.91. The maximum Gasteiger partial charge on any atom is 0.410 e. The molecule has 124 valence electrons. The summed E-state index contributed by atoms with van der Waals surface area (Å²) in [5.41, 5.74) is 3.07. The molecule has 0 radical (unpaired) electrons. The molecule has 1 aromatic heterocycles. The Morgan fingerprint density at radius 2 is 2.08 bits per heavy atom. The molecular weight excluding hydrogens is 308 g/mol. The molecule has 0 unspecified atom stereocenters. The van der Waals surface area contributed by atoms with Crippen LogP contribution in [0.3, 0.4) is 0 Å². The summed E-state index contributed by atoms with van der Waals surface area (Å²) in [7, 11) is 0. The Bertz CT molecular complexity index is 732. The Kier molecular flexibility index (Phi) is 4.00. The lowest BCUT2D eigenvalue weighted by Gasteiger charge is -2.37. The van der Waals surface area contributed by atoms with E-state index in [2.05, 4.69) is 15.3 Å². The number of nitrogens with one attached hydrogen (secondary N) is 1. The fourth-order valence-corrected chi connectivity index (χ4v) is 2.72. The van der Waals surface area contributed by atoms with Gasteiger partial charge in [0.05, 0.1) is 18.8 Å². The normalized spacial score (nSPS) is 16.4. The number of likely N-dealkylation sites (tertiary alicyclic amines) is 1. The van der Waals surface area contributed by atoms with Gasteiger partial charge in [-0.2, -0.15) is 4.98 Å². The first kappa shape index (κ1) is 14.9. The molecular formula is C17H18N4O3. The van der Waals surface area contributed by atoms with E-state index < -0.39 is 0 Å². The van der Waals surface area contributed by atoms with Gasteiger partial charge >= 0.3 is 12.1 Å². The van der Waals surface area contributed by atoms with Crippen LogP contribution in [0.1, 0.15) is 16.8 Å². The minimum atomic E-state index is -0.322. The van der Waals surface area contributed by atoms with Gasteiger partial charge in [0.2, 0.25) is 0 Å². The van der Waals surface area contributed by atoms with Gasteiger partial charge in [-0.1, -0.05) is 30.3 Å². The van der Waals surface area contributed by atoms with Crippen LogP contribution < -0.4 is 10.1 Å². The molecule has 7 heteroatoms. The number of amides is 1. The fourth-order valence-electron chi connectivity index (χ4n) is 2.72. The van der Waals surface area contributed by atoms with Crippen molar-refractivity contribution in [2.45, 2.75) is 25.8 Å². The average molecular weight is 326 g/mol. The smallest absolute Gasteiger partial charge is 0.410 e.